The van der Waals surface area contributed by atoms with E-state index in [9.17, 15) is 5.11 Å². The summed E-state index contributed by atoms with van der Waals surface area (Å²) in [5.41, 5.74) is -0.620. The van der Waals surface area contributed by atoms with Gasteiger partial charge in [0.25, 0.3) is 0 Å². The Morgan fingerprint density at radius 1 is 1.29 bits per heavy atom. The Labute approximate surface area is 86.8 Å². The van der Waals surface area contributed by atoms with E-state index in [4.69, 9.17) is 4.74 Å². The molecule has 14 heavy (non-hydrogen) atoms. The molecule has 3 atom stereocenters. The maximum absolute atomic E-state index is 9.59. The van der Waals surface area contributed by atoms with Gasteiger partial charge in [0.2, 0.25) is 0 Å². The summed E-state index contributed by atoms with van der Waals surface area (Å²) in [6.07, 6.45) is 2.75. The van der Waals surface area contributed by atoms with Crippen molar-refractivity contribution in [1.82, 2.24) is 5.32 Å². The van der Waals surface area contributed by atoms with Gasteiger partial charge in [0, 0.05) is 12.6 Å². The zero-order valence-corrected chi connectivity index (χ0v) is 9.71. The number of ether oxygens (including phenoxy) is 1. The normalized spacial score (nSPS) is 34.5. The fourth-order valence-electron chi connectivity index (χ4n) is 1.97. The summed E-state index contributed by atoms with van der Waals surface area (Å²) in [5, 5.41) is 13.0. The van der Waals surface area contributed by atoms with Crippen molar-refractivity contribution < 1.29 is 9.84 Å². The van der Waals surface area contributed by atoms with Gasteiger partial charge in [-0.25, -0.2) is 0 Å². The summed E-state index contributed by atoms with van der Waals surface area (Å²) in [6.45, 7) is 8.51. The van der Waals surface area contributed by atoms with Gasteiger partial charge < -0.3 is 15.2 Å². The van der Waals surface area contributed by atoms with Crippen LogP contribution in [0, 0.1) is 0 Å². The molecule has 1 unspecified atom stereocenters. The lowest BCUT2D eigenvalue weighted by Gasteiger charge is -2.34. The van der Waals surface area contributed by atoms with Crippen molar-refractivity contribution >= 4 is 0 Å². The van der Waals surface area contributed by atoms with Crippen molar-refractivity contribution in [3.63, 3.8) is 0 Å². The summed E-state index contributed by atoms with van der Waals surface area (Å²) in [4.78, 5) is 0. The van der Waals surface area contributed by atoms with Crippen LogP contribution in [0.15, 0.2) is 0 Å². The van der Waals surface area contributed by atoms with Crippen molar-refractivity contribution in [2.24, 2.45) is 0 Å². The molecule has 0 aromatic carbocycles. The van der Waals surface area contributed by atoms with Crippen LogP contribution in [0.4, 0.5) is 0 Å². The first kappa shape index (κ1) is 12.0. The molecule has 1 fully saturated rings. The molecule has 0 spiro atoms. The van der Waals surface area contributed by atoms with Gasteiger partial charge in [-0.3, -0.25) is 0 Å². The fraction of sp³-hybridized carbons (Fsp3) is 1.00. The molecule has 1 heterocycles. The number of nitrogens with one attached hydrogen (secondary N) is 1. The molecular formula is C11H23NO2. The highest BCUT2D eigenvalue weighted by atomic mass is 16.5. The van der Waals surface area contributed by atoms with Gasteiger partial charge in [-0.15, -0.1) is 0 Å². The Balaban J connectivity index is 2.30. The maximum Gasteiger partial charge on any atom is 0.0715 e. The molecule has 0 aromatic heterocycles. The molecular weight excluding hydrogens is 178 g/mol. The van der Waals surface area contributed by atoms with E-state index in [0.717, 1.165) is 12.8 Å². The Morgan fingerprint density at radius 2 is 1.79 bits per heavy atom. The monoisotopic (exact) mass is 201 g/mol. The molecule has 0 amide bonds. The van der Waals surface area contributed by atoms with Crippen molar-refractivity contribution in [3.8, 4) is 0 Å². The van der Waals surface area contributed by atoms with Crippen LogP contribution >= 0.6 is 0 Å². The van der Waals surface area contributed by atoms with Gasteiger partial charge in [-0.2, -0.15) is 0 Å². The average Bonchev–Trinajstić information content (AvgIpc) is 1.97. The topological polar surface area (TPSA) is 41.5 Å². The summed E-state index contributed by atoms with van der Waals surface area (Å²) in [5.74, 6) is 0. The summed E-state index contributed by atoms with van der Waals surface area (Å²) in [6, 6.07) is 0.486. The summed E-state index contributed by atoms with van der Waals surface area (Å²) < 4.78 is 5.65. The molecule has 1 saturated heterocycles. The van der Waals surface area contributed by atoms with Crippen LogP contribution in [0.5, 0.6) is 0 Å². The van der Waals surface area contributed by atoms with Crippen LogP contribution in [0.2, 0.25) is 0 Å². The second-order valence-corrected chi connectivity index (χ2v) is 5.12. The lowest BCUT2D eigenvalue weighted by Crippen LogP contribution is -2.46. The molecule has 1 rings (SSSR count). The zero-order chi connectivity index (χ0) is 10.8. The minimum Gasteiger partial charge on any atom is -0.389 e. The Hall–Kier alpha value is -0.120. The SMILES string of the molecule is C[C@@H]1CC(NCC(C)(C)O)C[C@H](C)O1. The quantitative estimate of drug-likeness (QED) is 0.723. The molecule has 0 radical (unpaired) electrons. The van der Waals surface area contributed by atoms with Crippen molar-refractivity contribution in [2.75, 3.05) is 6.54 Å². The average molecular weight is 201 g/mol. The summed E-state index contributed by atoms with van der Waals surface area (Å²) in [7, 11) is 0. The Bertz CT molecular complexity index is 167. The smallest absolute Gasteiger partial charge is 0.0715 e. The van der Waals surface area contributed by atoms with Crippen LogP contribution in [0.3, 0.4) is 0 Å². The number of rotatable bonds is 3. The molecule has 3 heteroatoms. The second kappa shape index (κ2) is 4.60. The van der Waals surface area contributed by atoms with E-state index >= 15 is 0 Å². The lowest BCUT2D eigenvalue weighted by molar-refractivity contribution is -0.0452. The third-order valence-corrected chi connectivity index (χ3v) is 2.52. The standard InChI is InChI=1S/C11H23NO2/c1-8-5-10(6-9(2)14-8)12-7-11(3,4)13/h8-10,12-13H,5-7H2,1-4H3/t8-,9+,10?. The highest BCUT2D eigenvalue weighted by Gasteiger charge is 2.25. The van der Waals surface area contributed by atoms with Crippen LogP contribution in [0.1, 0.15) is 40.5 Å². The first-order chi connectivity index (χ1) is 6.37. The van der Waals surface area contributed by atoms with E-state index in [1.54, 1.807) is 0 Å². The van der Waals surface area contributed by atoms with Crippen molar-refractivity contribution in [3.05, 3.63) is 0 Å². The van der Waals surface area contributed by atoms with Crippen molar-refractivity contribution in [1.29, 1.82) is 0 Å². The van der Waals surface area contributed by atoms with Gasteiger partial charge >= 0.3 is 0 Å². The molecule has 84 valence electrons. The zero-order valence-electron chi connectivity index (χ0n) is 9.71. The van der Waals surface area contributed by atoms with Gasteiger partial charge in [0.05, 0.1) is 17.8 Å². The van der Waals surface area contributed by atoms with E-state index in [0.29, 0.717) is 24.8 Å². The van der Waals surface area contributed by atoms with Crippen LogP contribution in [-0.2, 0) is 4.74 Å². The van der Waals surface area contributed by atoms with Crippen LogP contribution < -0.4 is 5.32 Å². The number of hydrogen-bond donors (Lipinski definition) is 2. The van der Waals surface area contributed by atoms with E-state index in [1.165, 1.54) is 0 Å². The third-order valence-electron chi connectivity index (χ3n) is 2.52. The molecule has 3 nitrogen and oxygen atoms in total. The molecule has 0 bridgehead atoms. The fourth-order valence-corrected chi connectivity index (χ4v) is 1.97. The minimum absolute atomic E-state index is 0.332. The van der Waals surface area contributed by atoms with E-state index in [1.807, 2.05) is 13.8 Å². The van der Waals surface area contributed by atoms with E-state index < -0.39 is 5.60 Å². The van der Waals surface area contributed by atoms with Gasteiger partial charge in [-0.05, 0) is 40.5 Å². The lowest BCUT2D eigenvalue weighted by atomic mass is 9.99. The highest BCUT2D eigenvalue weighted by Crippen LogP contribution is 2.19. The largest absolute Gasteiger partial charge is 0.389 e. The van der Waals surface area contributed by atoms with Crippen LogP contribution in [-0.4, -0.2) is 35.5 Å². The van der Waals surface area contributed by atoms with Gasteiger partial charge in [-0.1, -0.05) is 0 Å². The molecule has 1 aliphatic rings. The second-order valence-electron chi connectivity index (χ2n) is 5.12. The molecule has 0 saturated carbocycles. The predicted octanol–water partition coefficient (Wildman–Crippen LogP) is 1.30. The van der Waals surface area contributed by atoms with Crippen LogP contribution in [0.25, 0.3) is 0 Å². The molecule has 0 aliphatic carbocycles. The van der Waals surface area contributed by atoms with Gasteiger partial charge in [0.1, 0.15) is 0 Å². The first-order valence-electron chi connectivity index (χ1n) is 5.48. The molecule has 1 aliphatic heterocycles. The number of aliphatic hydroxyl groups is 1. The van der Waals surface area contributed by atoms with Gasteiger partial charge in [0.15, 0.2) is 0 Å². The predicted molar refractivity (Wildman–Crippen MR) is 57.3 cm³/mol. The van der Waals surface area contributed by atoms with E-state index in [2.05, 4.69) is 19.2 Å². The first-order valence-corrected chi connectivity index (χ1v) is 5.48. The maximum atomic E-state index is 9.59. The Morgan fingerprint density at radius 3 is 2.21 bits per heavy atom. The van der Waals surface area contributed by atoms with E-state index in [-0.39, 0.29) is 0 Å². The summed E-state index contributed by atoms with van der Waals surface area (Å²) >= 11 is 0. The minimum atomic E-state index is -0.620. The van der Waals surface area contributed by atoms with Crippen molar-refractivity contribution in [2.45, 2.75) is 64.4 Å². The third kappa shape index (κ3) is 4.40. The molecule has 0 aromatic rings. The Kier molecular flexibility index (Phi) is 3.93. The number of hydrogen-bond acceptors (Lipinski definition) is 3. The molecule has 2 N–H and O–H groups in total. The highest BCUT2D eigenvalue weighted by molar-refractivity contribution is 4.81.